The molecule has 1 heterocycles. The van der Waals surface area contributed by atoms with E-state index in [1.54, 1.807) is 0 Å². The molecule has 1 N–H and O–H groups in total. The van der Waals surface area contributed by atoms with E-state index >= 15 is 0 Å². The van der Waals surface area contributed by atoms with Crippen LogP contribution in [-0.4, -0.2) is 15.9 Å². The van der Waals surface area contributed by atoms with Gasteiger partial charge >= 0.3 is 0 Å². The van der Waals surface area contributed by atoms with Crippen molar-refractivity contribution in [2.45, 2.75) is 68.2 Å². The molecule has 2 aromatic carbocycles. The molecule has 3 aromatic rings. The zero-order valence-corrected chi connectivity index (χ0v) is 25.3. The molecule has 0 saturated heterocycles. The van der Waals surface area contributed by atoms with Crippen LogP contribution in [0.3, 0.4) is 0 Å². The minimum absolute atomic E-state index is 0. The summed E-state index contributed by atoms with van der Waals surface area (Å²) in [6.07, 6.45) is 4.35. The first kappa shape index (κ1) is 31.5. The van der Waals surface area contributed by atoms with Gasteiger partial charge in [0.05, 0.1) is 5.76 Å². The number of rotatable bonds is 7. The van der Waals surface area contributed by atoms with E-state index in [1.807, 2.05) is 33.9 Å². The summed E-state index contributed by atoms with van der Waals surface area (Å²) in [6.45, 7) is 16.5. The minimum atomic E-state index is 0. The van der Waals surface area contributed by atoms with Crippen LogP contribution in [0.5, 0.6) is 0 Å². The number of nitrogens with zero attached hydrogens (tertiary/aromatic N) is 1. The zero-order chi connectivity index (χ0) is 26.1. The van der Waals surface area contributed by atoms with Crippen molar-refractivity contribution in [2.75, 3.05) is 0 Å². The third kappa shape index (κ3) is 11.0. The Bertz CT molecular complexity index is 1070. The number of benzene rings is 2. The number of hydrogen-bond donors (Lipinski definition) is 1. The molecule has 1 aromatic heterocycles. The molecule has 0 atom stereocenters. The van der Waals surface area contributed by atoms with Crippen LogP contribution < -0.4 is 0 Å². The summed E-state index contributed by atoms with van der Waals surface area (Å²) in [4.78, 5) is 15.7. The second-order valence-corrected chi connectivity index (χ2v) is 10.4. The molecule has 36 heavy (non-hydrogen) atoms. The molecule has 0 saturated carbocycles. The van der Waals surface area contributed by atoms with Crippen LogP contribution in [0.1, 0.15) is 62.8 Å². The van der Waals surface area contributed by atoms with Crippen molar-refractivity contribution < 1.29 is 30.0 Å². The normalized spacial score (nSPS) is 11.1. The standard InChI is InChI=1S/C21H20N.C11H20O2.Ir/c1-14-7-15(2)10-19(9-14)18-5-6-22-21(13-18)20-11-16(3)8-17(4)12-20;1-8(2)5-10(12)7-11(13)6-9(3)4;/h5-11,13H,1-4H3;7-9,12H,5-6H2,1-4H3;/q-1;;/b;10-7-;. The molecule has 0 fully saturated rings. The first-order valence-corrected chi connectivity index (χ1v) is 12.4. The number of pyridine rings is 1. The SMILES string of the molecule is CC(C)CC(=O)/C=C(\O)CC(C)C.Cc1[c-]c(-c2cc(-c3cc(C)cc(C)c3)ccn2)cc(C)c1.[Ir]. The van der Waals surface area contributed by atoms with Crippen molar-refractivity contribution >= 4 is 5.78 Å². The molecular weight excluding hydrogens is 623 g/mol. The van der Waals surface area contributed by atoms with E-state index in [4.69, 9.17) is 0 Å². The summed E-state index contributed by atoms with van der Waals surface area (Å²) in [6, 6.07) is 18.5. The summed E-state index contributed by atoms with van der Waals surface area (Å²) >= 11 is 0. The number of ketones is 1. The molecule has 0 spiro atoms. The second-order valence-electron chi connectivity index (χ2n) is 10.4. The van der Waals surface area contributed by atoms with Crippen LogP contribution in [0.2, 0.25) is 0 Å². The zero-order valence-electron chi connectivity index (χ0n) is 22.9. The fraction of sp³-hybridized carbons (Fsp3) is 0.375. The van der Waals surface area contributed by atoms with Crippen molar-refractivity contribution in [2.24, 2.45) is 11.8 Å². The first-order valence-electron chi connectivity index (χ1n) is 12.4. The van der Waals surface area contributed by atoms with Gasteiger partial charge in [-0.1, -0.05) is 76.9 Å². The van der Waals surface area contributed by atoms with Gasteiger partial charge in [0, 0.05) is 45.2 Å². The van der Waals surface area contributed by atoms with Gasteiger partial charge in [0.1, 0.15) is 0 Å². The van der Waals surface area contributed by atoms with Gasteiger partial charge in [0.2, 0.25) is 0 Å². The van der Waals surface area contributed by atoms with Gasteiger partial charge in [-0.2, -0.15) is 0 Å². The number of aromatic nitrogens is 1. The number of carbonyl (C=O) groups is 1. The fourth-order valence-electron chi connectivity index (χ4n) is 4.06. The molecule has 1 radical (unpaired) electrons. The Hall–Kier alpha value is -2.55. The van der Waals surface area contributed by atoms with Crippen molar-refractivity contribution in [1.82, 2.24) is 4.98 Å². The van der Waals surface area contributed by atoms with E-state index in [1.165, 1.54) is 33.9 Å². The predicted octanol–water partition coefficient (Wildman–Crippen LogP) is 8.54. The van der Waals surface area contributed by atoms with Crippen molar-refractivity contribution in [3.63, 3.8) is 0 Å². The molecule has 0 aliphatic carbocycles. The van der Waals surface area contributed by atoms with Crippen LogP contribution >= 0.6 is 0 Å². The molecule has 0 amide bonds. The van der Waals surface area contributed by atoms with E-state index in [-0.39, 0.29) is 31.6 Å². The predicted molar refractivity (Wildman–Crippen MR) is 148 cm³/mol. The van der Waals surface area contributed by atoms with Crippen LogP contribution in [0.25, 0.3) is 22.4 Å². The summed E-state index contributed by atoms with van der Waals surface area (Å²) in [5.74, 6) is 0.979. The van der Waals surface area contributed by atoms with E-state index in [0.29, 0.717) is 24.7 Å². The molecule has 0 aliphatic heterocycles. The van der Waals surface area contributed by atoms with Gasteiger partial charge in [-0.3, -0.25) is 4.79 Å². The van der Waals surface area contributed by atoms with E-state index in [9.17, 15) is 9.90 Å². The van der Waals surface area contributed by atoms with Gasteiger partial charge in [-0.15, -0.1) is 34.9 Å². The summed E-state index contributed by atoms with van der Waals surface area (Å²) in [5.41, 5.74) is 9.43. The minimum Gasteiger partial charge on any atom is -0.512 e. The van der Waals surface area contributed by atoms with Crippen LogP contribution in [0.15, 0.2) is 60.5 Å². The van der Waals surface area contributed by atoms with Crippen LogP contribution in [0.4, 0.5) is 0 Å². The van der Waals surface area contributed by atoms with E-state index in [2.05, 4.69) is 81.2 Å². The number of hydrogen-bond acceptors (Lipinski definition) is 3. The first-order chi connectivity index (χ1) is 16.4. The molecule has 3 nitrogen and oxygen atoms in total. The molecule has 0 unspecified atom stereocenters. The number of aliphatic hydroxyl groups is 1. The second kappa shape index (κ2) is 14.9. The average molecular weight is 663 g/mol. The Balaban J connectivity index is 0.000000402. The molecule has 0 aliphatic rings. The Morgan fingerprint density at radius 3 is 2.00 bits per heavy atom. The van der Waals surface area contributed by atoms with Crippen LogP contribution in [0, 0.1) is 45.6 Å². The monoisotopic (exact) mass is 663 g/mol. The maximum Gasteiger partial charge on any atom is 0.159 e. The van der Waals surface area contributed by atoms with Crippen LogP contribution in [-0.2, 0) is 24.9 Å². The topological polar surface area (TPSA) is 50.2 Å². The Morgan fingerprint density at radius 1 is 0.861 bits per heavy atom. The molecular formula is C32H40IrNO2-. The molecule has 4 heteroatoms. The molecule has 0 bridgehead atoms. The maximum absolute atomic E-state index is 11.2. The smallest absolute Gasteiger partial charge is 0.159 e. The number of aliphatic hydroxyl groups excluding tert-OH is 1. The Kier molecular flexibility index (Phi) is 13.0. The average Bonchev–Trinajstić information content (AvgIpc) is 2.71. The van der Waals surface area contributed by atoms with Crippen molar-refractivity contribution in [1.29, 1.82) is 0 Å². The van der Waals surface area contributed by atoms with Gasteiger partial charge in [-0.25, -0.2) is 0 Å². The van der Waals surface area contributed by atoms with Crippen molar-refractivity contribution in [3.8, 4) is 22.4 Å². The summed E-state index contributed by atoms with van der Waals surface area (Å²) in [7, 11) is 0. The number of allylic oxidation sites excluding steroid dienone is 2. The number of carbonyl (C=O) groups excluding carboxylic acids is 1. The summed E-state index contributed by atoms with van der Waals surface area (Å²) < 4.78 is 0. The molecule has 195 valence electrons. The maximum atomic E-state index is 11.2. The largest absolute Gasteiger partial charge is 0.512 e. The Labute approximate surface area is 231 Å². The Morgan fingerprint density at radius 2 is 1.44 bits per heavy atom. The fourth-order valence-corrected chi connectivity index (χ4v) is 4.06. The molecule has 3 rings (SSSR count). The summed E-state index contributed by atoms with van der Waals surface area (Å²) in [5, 5.41) is 9.34. The van der Waals surface area contributed by atoms with Gasteiger partial charge in [-0.05, 0) is 48.6 Å². The van der Waals surface area contributed by atoms with Crippen molar-refractivity contribution in [3.05, 3.63) is 88.8 Å². The van der Waals surface area contributed by atoms with Gasteiger partial charge in [0.25, 0.3) is 0 Å². The third-order valence-corrected chi connectivity index (χ3v) is 5.29. The van der Waals surface area contributed by atoms with Gasteiger partial charge < -0.3 is 10.1 Å². The third-order valence-electron chi connectivity index (χ3n) is 5.29. The van der Waals surface area contributed by atoms with E-state index < -0.39 is 0 Å². The van der Waals surface area contributed by atoms with Gasteiger partial charge in [0.15, 0.2) is 5.78 Å². The van der Waals surface area contributed by atoms with E-state index in [0.717, 1.165) is 16.8 Å². The number of aryl methyl sites for hydroxylation is 4. The quantitative estimate of drug-likeness (QED) is 0.157.